The second kappa shape index (κ2) is 5.79. The molecule has 8 heteroatoms. The van der Waals surface area contributed by atoms with E-state index in [2.05, 4.69) is 21.3 Å². The van der Waals surface area contributed by atoms with E-state index in [0.29, 0.717) is 35.8 Å². The van der Waals surface area contributed by atoms with Crippen molar-refractivity contribution in [3.8, 4) is 11.1 Å². The Morgan fingerprint density at radius 1 is 1.19 bits per heavy atom. The number of fused-ring (bicyclic) bond motifs is 5. The lowest BCUT2D eigenvalue weighted by Crippen LogP contribution is -2.12. The Morgan fingerprint density at radius 2 is 1.96 bits per heavy atom. The number of nitrogens with zero attached hydrogens (tertiary/aromatic N) is 5. The van der Waals surface area contributed by atoms with E-state index in [1.165, 1.54) is 29.5 Å². The van der Waals surface area contributed by atoms with Gasteiger partial charge in [0.15, 0.2) is 5.82 Å². The van der Waals surface area contributed by atoms with E-state index < -0.39 is 11.6 Å². The molecule has 5 rings (SSSR count). The van der Waals surface area contributed by atoms with Crippen LogP contribution in [0.1, 0.15) is 33.2 Å². The zero-order valence-electron chi connectivity index (χ0n) is 14.3. The normalized spacial score (nSPS) is 17.6. The lowest BCUT2D eigenvalue weighted by molar-refractivity contribution is 0.579. The molecule has 1 aliphatic carbocycles. The van der Waals surface area contributed by atoms with Gasteiger partial charge in [-0.25, -0.2) is 8.78 Å². The van der Waals surface area contributed by atoms with Gasteiger partial charge in [-0.1, -0.05) is 6.07 Å². The number of benzene rings is 1. The third kappa shape index (κ3) is 2.28. The Labute approximate surface area is 157 Å². The zero-order valence-corrected chi connectivity index (χ0v) is 15.1. The summed E-state index contributed by atoms with van der Waals surface area (Å²) in [6.45, 7) is 2.03. The highest BCUT2D eigenvalue weighted by Crippen LogP contribution is 2.43. The van der Waals surface area contributed by atoms with E-state index in [9.17, 15) is 14.0 Å². The monoisotopic (exact) mass is 381 g/mol. The SMILES string of the molecule is Cc1nnc2n1-c1sc3c(c1C(c1c(F)cccc1F)=NC2)CC(C#N)C3. The van der Waals surface area contributed by atoms with Crippen LogP contribution in [0.5, 0.6) is 0 Å². The maximum Gasteiger partial charge on any atom is 0.160 e. The van der Waals surface area contributed by atoms with Crippen LogP contribution in [-0.2, 0) is 19.4 Å². The van der Waals surface area contributed by atoms with E-state index in [1.54, 1.807) is 0 Å². The second-order valence-electron chi connectivity index (χ2n) is 6.68. The minimum Gasteiger partial charge on any atom is -0.276 e. The van der Waals surface area contributed by atoms with Gasteiger partial charge < -0.3 is 0 Å². The number of aromatic nitrogens is 3. The first kappa shape index (κ1) is 16.3. The summed E-state index contributed by atoms with van der Waals surface area (Å²) in [4.78, 5) is 5.62. The quantitative estimate of drug-likeness (QED) is 0.648. The maximum absolute atomic E-state index is 14.6. The molecular formula is C19H13F2N5S. The first-order valence-corrected chi connectivity index (χ1v) is 9.34. The summed E-state index contributed by atoms with van der Waals surface area (Å²) in [7, 11) is 0. The second-order valence-corrected chi connectivity index (χ2v) is 7.76. The molecular weight excluding hydrogens is 368 g/mol. The summed E-state index contributed by atoms with van der Waals surface area (Å²) in [6.07, 6.45) is 1.20. The molecule has 0 bridgehead atoms. The fraction of sp³-hybridized carbons (Fsp3) is 0.263. The van der Waals surface area contributed by atoms with Gasteiger partial charge >= 0.3 is 0 Å². The van der Waals surface area contributed by atoms with Gasteiger partial charge in [-0.3, -0.25) is 9.56 Å². The summed E-state index contributed by atoms with van der Waals surface area (Å²) < 4.78 is 31.1. The summed E-state index contributed by atoms with van der Waals surface area (Å²) in [5, 5.41) is 18.5. The first-order valence-electron chi connectivity index (χ1n) is 8.53. The van der Waals surface area contributed by atoms with Crippen molar-refractivity contribution in [3.05, 3.63) is 63.0 Å². The largest absolute Gasteiger partial charge is 0.276 e. The lowest BCUT2D eigenvalue weighted by Gasteiger charge is -2.12. The Kier molecular flexibility index (Phi) is 3.49. The minimum absolute atomic E-state index is 0.118. The standard InChI is InChI=1S/C19H13F2N5S/c1-9-24-25-15-8-23-18(17-12(20)3-2-4-13(17)21)16-11-5-10(7-22)6-14(11)27-19(16)26(9)15/h2-4,10H,5-6,8H2,1H3. The fourth-order valence-electron chi connectivity index (χ4n) is 3.84. The predicted molar refractivity (Wildman–Crippen MR) is 96.2 cm³/mol. The van der Waals surface area contributed by atoms with Crippen LogP contribution in [0.3, 0.4) is 0 Å². The predicted octanol–water partition coefficient (Wildman–Crippen LogP) is 3.50. The average Bonchev–Trinajstić information content (AvgIpc) is 3.27. The molecule has 134 valence electrons. The molecule has 3 heterocycles. The third-order valence-electron chi connectivity index (χ3n) is 5.05. The Hall–Kier alpha value is -2.92. The number of rotatable bonds is 1. The van der Waals surface area contributed by atoms with Crippen LogP contribution >= 0.6 is 11.3 Å². The number of hydrogen-bond acceptors (Lipinski definition) is 5. The number of aryl methyl sites for hydroxylation is 1. The number of thiophene rings is 1. The lowest BCUT2D eigenvalue weighted by atomic mass is 9.97. The highest BCUT2D eigenvalue weighted by Gasteiger charge is 2.35. The molecule has 2 aromatic heterocycles. The molecule has 1 atom stereocenters. The number of aliphatic imine (C=N–C) groups is 1. The van der Waals surface area contributed by atoms with Crippen molar-refractivity contribution in [1.29, 1.82) is 5.26 Å². The summed E-state index contributed by atoms with van der Waals surface area (Å²) in [6, 6.07) is 6.13. The summed E-state index contributed by atoms with van der Waals surface area (Å²) in [5.41, 5.74) is 1.83. The molecule has 0 radical (unpaired) electrons. The van der Waals surface area contributed by atoms with Crippen LogP contribution in [0.25, 0.3) is 5.00 Å². The summed E-state index contributed by atoms with van der Waals surface area (Å²) in [5.74, 6) is -0.0774. The molecule has 1 unspecified atom stereocenters. The molecule has 0 saturated heterocycles. The van der Waals surface area contributed by atoms with Gasteiger partial charge in [0.1, 0.15) is 29.0 Å². The maximum atomic E-state index is 14.6. The van der Waals surface area contributed by atoms with E-state index in [1.807, 2.05) is 11.5 Å². The van der Waals surface area contributed by atoms with Crippen LogP contribution in [0.15, 0.2) is 23.2 Å². The smallest absolute Gasteiger partial charge is 0.160 e. The van der Waals surface area contributed by atoms with Gasteiger partial charge in [0.05, 0.1) is 23.3 Å². The average molecular weight is 381 g/mol. The van der Waals surface area contributed by atoms with Gasteiger partial charge in [0.2, 0.25) is 0 Å². The van der Waals surface area contributed by atoms with Crippen molar-refractivity contribution in [2.75, 3.05) is 0 Å². The van der Waals surface area contributed by atoms with Crippen molar-refractivity contribution >= 4 is 17.0 Å². The van der Waals surface area contributed by atoms with E-state index >= 15 is 0 Å². The van der Waals surface area contributed by atoms with Crippen molar-refractivity contribution in [3.63, 3.8) is 0 Å². The van der Waals surface area contributed by atoms with Gasteiger partial charge in [0.25, 0.3) is 0 Å². The van der Waals surface area contributed by atoms with Crippen LogP contribution < -0.4 is 0 Å². The number of halogens is 2. The third-order valence-corrected chi connectivity index (χ3v) is 6.29. The molecule has 0 fully saturated rings. The summed E-state index contributed by atoms with van der Waals surface area (Å²) >= 11 is 1.53. The number of nitriles is 1. The molecule has 0 spiro atoms. The van der Waals surface area contributed by atoms with Gasteiger partial charge in [-0.05, 0) is 37.5 Å². The highest BCUT2D eigenvalue weighted by atomic mass is 32.1. The van der Waals surface area contributed by atoms with Crippen molar-refractivity contribution in [2.24, 2.45) is 10.9 Å². The molecule has 2 aliphatic rings. The van der Waals surface area contributed by atoms with Crippen LogP contribution in [0.4, 0.5) is 8.78 Å². The molecule has 1 aromatic carbocycles. The fourth-order valence-corrected chi connectivity index (χ4v) is 5.32. The molecule has 1 aliphatic heterocycles. The topological polar surface area (TPSA) is 66.9 Å². The van der Waals surface area contributed by atoms with Crippen LogP contribution in [0.2, 0.25) is 0 Å². The van der Waals surface area contributed by atoms with Crippen LogP contribution in [0, 0.1) is 35.8 Å². The van der Waals surface area contributed by atoms with Gasteiger partial charge in [-0.2, -0.15) is 5.26 Å². The molecule has 0 amide bonds. The Balaban J connectivity index is 1.82. The van der Waals surface area contributed by atoms with Crippen molar-refractivity contribution in [2.45, 2.75) is 26.3 Å². The first-order chi connectivity index (χ1) is 13.1. The molecule has 27 heavy (non-hydrogen) atoms. The Morgan fingerprint density at radius 3 is 2.70 bits per heavy atom. The zero-order chi connectivity index (χ0) is 18.7. The van der Waals surface area contributed by atoms with Crippen LogP contribution in [-0.4, -0.2) is 20.5 Å². The highest BCUT2D eigenvalue weighted by molar-refractivity contribution is 7.15. The van der Waals surface area contributed by atoms with Gasteiger partial charge in [0, 0.05) is 10.4 Å². The van der Waals surface area contributed by atoms with E-state index in [0.717, 1.165) is 15.4 Å². The van der Waals surface area contributed by atoms with Gasteiger partial charge in [-0.15, -0.1) is 21.5 Å². The van der Waals surface area contributed by atoms with Crippen molar-refractivity contribution < 1.29 is 8.78 Å². The Bertz CT molecular complexity index is 1150. The van der Waals surface area contributed by atoms with Crippen molar-refractivity contribution in [1.82, 2.24) is 14.8 Å². The van der Waals surface area contributed by atoms with E-state index in [4.69, 9.17) is 0 Å². The molecule has 5 nitrogen and oxygen atoms in total. The minimum atomic E-state index is -0.649. The number of hydrogen-bond donors (Lipinski definition) is 0. The van der Waals surface area contributed by atoms with E-state index in [-0.39, 0.29) is 18.0 Å². The molecule has 3 aromatic rings. The molecule has 0 saturated carbocycles. The molecule has 0 N–H and O–H groups in total.